The predicted molar refractivity (Wildman–Crippen MR) is 496 cm³/mol. The Hall–Kier alpha value is -9.93. The number of carboxylic acid groups (broad SMARTS) is 1. The number of rotatable bonds is 48. The Morgan fingerprint density at radius 2 is 0.637 bits per heavy atom. The molecule has 21 nitrogen and oxygen atoms in total. The van der Waals surface area contributed by atoms with Gasteiger partial charge in [0.2, 0.25) is 5.91 Å². The Labute approximate surface area is 742 Å². The first kappa shape index (κ1) is 114. The number of nitrogens with one attached hydrogen (secondary N) is 1. The van der Waals surface area contributed by atoms with E-state index < -0.39 is 28.1 Å². The van der Waals surface area contributed by atoms with Gasteiger partial charge in [-0.1, -0.05) is 170 Å². The van der Waals surface area contributed by atoms with E-state index in [0.717, 1.165) is 136 Å². The third kappa shape index (κ3) is 47.2. The normalized spacial score (nSPS) is 11.8. The number of carboxylic acids is 1. The Balaban J connectivity index is 0.00000146. The van der Waals surface area contributed by atoms with Crippen molar-refractivity contribution in [3.63, 3.8) is 0 Å². The third-order valence-corrected chi connectivity index (χ3v) is 21.2. The monoisotopic (exact) mass is 1720 g/mol. The molecule has 6 aromatic rings. The fourth-order valence-corrected chi connectivity index (χ4v) is 13.8. The first-order valence-electron chi connectivity index (χ1n) is 42.8. The van der Waals surface area contributed by atoms with Crippen LogP contribution in [0.25, 0.3) is 0 Å². The van der Waals surface area contributed by atoms with E-state index in [2.05, 4.69) is 65.8 Å². The summed E-state index contributed by atoms with van der Waals surface area (Å²) in [5.41, 5.74) is 5.98. The molecule has 21 heteroatoms. The summed E-state index contributed by atoms with van der Waals surface area (Å²) in [5.74, 6) is 4.72. The van der Waals surface area contributed by atoms with Crippen molar-refractivity contribution < 1.29 is 96.5 Å². The lowest BCUT2D eigenvalue weighted by Crippen LogP contribution is -2.24. The van der Waals surface area contributed by atoms with Gasteiger partial charge in [-0.15, -0.1) is 0 Å². The van der Waals surface area contributed by atoms with Crippen LogP contribution in [0.15, 0.2) is 170 Å². The van der Waals surface area contributed by atoms with Gasteiger partial charge in [0.1, 0.15) is 51.8 Å². The quantitative estimate of drug-likeness (QED) is 0.00689. The fraction of sp³-hybridized carbons (Fsp3) is 0.524. The number of ether oxygens (including phenoxy) is 8. The summed E-state index contributed by atoms with van der Waals surface area (Å²) < 4.78 is 42.2. The van der Waals surface area contributed by atoms with Gasteiger partial charge < -0.3 is 62.5 Å². The highest BCUT2D eigenvalue weighted by Gasteiger charge is 2.34. The summed E-state index contributed by atoms with van der Waals surface area (Å²) in [6.07, 6.45) is 23.7. The van der Waals surface area contributed by atoms with E-state index in [0.29, 0.717) is 61.0 Å². The number of aliphatic carboxylic acids is 1. The van der Waals surface area contributed by atoms with Crippen LogP contribution in [0.4, 0.5) is 0 Å². The van der Waals surface area contributed by atoms with Gasteiger partial charge in [-0.2, -0.15) is 0 Å². The Kier molecular flexibility index (Phi) is 55.8. The number of allylic oxidation sites excluding steroid dienone is 3. The molecule has 688 valence electrons. The molecule has 124 heavy (non-hydrogen) atoms. The van der Waals surface area contributed by atoms with E-state index in [1.807, 2.05) is 102 Å². The molecule has 1 amide bonds. The molecule has 0 aromatic heterocycles. The number of methoxy groups -OCH3 is 8. The van der Waals surface area contributed by atoms with Crippen molar-refractivity contribution in [2.45, 2.75) is 258 Å². The van der Waals surface area contributed by atoms with Crippen molar-refractivity contribution in [2.24, 2.45) is 32.5 Å². The number of aliphatic hydroxyl groups is 1. The van der Waals surface area contributed by atoms with Crippen LogP contribution in [-0.4, -0.2) is 132 Å². The van der Waals surface area contributed by atoms with Crippen molar-refractivity contribution in [1.29, 1.82) is 0 Å². The number of hydrogen-bond acceptors (Lipinski definition) is 19. The van der Waals surface area contributed by atoms with Crippen LogP contribution in [0.2, 0.25) is 0 Å². The van der Waals surface area contributed by atoms with Crippen LogP contribution in [0.3, 0.4) is 0 Å². The second-order valence-electron chi connectivity index (χ2n) is 35.0. The average Bonchev–Trinajstić information content (AvgIpc) is 0.951. The number of unbranched alkanes of at least 4 members (excludes halogenated alkanes) is 5. The van der Waals surface area contributed by atoms with Crippen LogP contribution in [0.1, 0.15) is 299 Å². The third-order valence-electron chi connectivity index (χ3n) is 21.2. The molecule has 0 spiro atoms. The molecule has 4 N–H and O–H groups in total. The molecule has 6 rings (SSSR count). The molecule has 6 aromatic carbocycles. The molecule has 0 fully saturated rings. The lowest BCUT2D eigenvalue weighted by atomic mass is 9.78. The molecule has 0 saturated carbocycles. The van der Waals surface area contributed by atoms with Gasteiger partial charge in [0, 0.05) is 91.8 Å². The lowest BCUT2D eigenvalue weighted by molar-refractivity contribution is -0.137. The molecule has 2 atom stereocenters. The smallest absolute Gasteiger partial charge is 0.303 e. The number of carbonyl (C=O) groups excluding carboxylic acids is 8. The highest BCUT2D eigenvalue weighted by molar-refractivity contribution is 6.01. The van der Waals surface area contributed by atoms with E-state index in [1.165, 1.54) is 12.5 Å². The van der Waals surface area contributed by atoms with E-state index >= 15 is 0 Å². The number of hydroxylamine groups is 1. The van der Waals surface area contributed by atoms with Crippen LogP contribution >= 0.6 is 0 Å². The van der Waals surface area contributed by atoms with Gasteiger partial charge >= 0.3 is 5.97 Å². The van der Waals surface area contributed by atoms with Crippen molar-refractivity contribution >= 4 is 52.4 Å². The number of carbonyl (C=O) groups is 9. The summed E-state index contributed by atoms with van der Waals surface area (Å²) >= 11 is 0. The van der Waals surface area contributed by atoms with Crippen molar-refractivity contribution in [3.8, 4) is 34.5 Å². The van der Waals surface area contributed by atoms with Gasteiger partial charge in [-0.05, 0) is 241 Å². The number of aliphatic hydroxyl groups excluding tert-OH is 1. The Morgan fingerprint density at radius 3 is 0.927 bits per heavy atom. The van der Waals surface area contributed by atoms with E-state index in [9.17, 15) is 43.2 Å². The summed E-state index contributed by atoms with van der Waals surface area (Å²) in [4.78, 5) is 102. The minimum Gasteiger partial charge on any atom is -0.497 e. The first-order valence-corrected chi connectivity index (χ1v) is 42.8. The highest BCUT2D eigenvalue weighted by Crippen LogP contribution is 2.42. The predicted octanol–water partition coefficient (Wildman–Crippen LogP) is 23.3. The van der Waals surface area contributed by atoms with Crippen LogP contribution in [0, 0.1) is 32.5 Å². The topological polar surface area (TPSA) is 300 Å². The zero-order chi connectivity index (χ0) is 94.3. The maximum atomic E-state index is 12.5. The second kappa shape index (κ2) is 60.6. The van der Waals surface area contributed by atoms with Crippen LogP contribution in [-0.2, 0) is 44.7 Å². The SMILES string of the molecule is CO.COc1ccc(C(=O)C(C)(C)CCCCC(=O)NO)cc1.COc1ccc(C(=O)C(C)(C)CCCCC(=O)O)cc1.COc1ccc(C(=O)C(C)(C)CCCCC(C)=O)cc1.COc1ccc(C(OC)C(C)(C)/C=C/C=C/C(C)=O)cc1.COc1ccc(C(OC)C(C)(C)CCCCC(C)=O)cc1.COc1ccc(CC(C)(C)CCCCC(C)=O)cc1. The molecule has 0 saturated heterocycles. The summed E-state index contributed by atoms with van der Waals surface area (Å²) in [6.45, 7) is 31.3. The van der Waals surface area contributed by atoms with Gasteiger partial charge in [-0.25, -0.2) is 5.48 Å². The van der Waals surface area contributed by atoms with E-state index in [-0.39, 0.29) is 76.0 Å². The first-order chi connectivity index (χ1) is 58.4. The molecular weight excluding hydrogens is 1570 g/mol. The number of hydrogen-bond donors (Lipinski definition) is 4. The van der Waals surface area contributed by atoms with Gasteiger partial charge in [-0.3, -0.25) is 34.0 Å². The zero-order valence-corrected chi connectivity index (χ0v) is 79.5. The minimum atomic E-state index is -0.788. The maximum Gasteiger partial charge on any atom is 0.303 e. The minimum absolute atomic E-state index is 0.0279. The van der Waals surface area contributed by atoms with E-state index in [1.54, 1.807) is 168 Å². The Morgan fingerprint density at radius 1 is 0.355 bits per heavy atom. The molecule has 0 aliphatic carbocycles. The van der Waals surface area contributed by atoms with Crippen molar-refractivity contribution in [1.82, 2.24) is 5.48 Å². The van der Waals surface area contributed by atoms with Crippen molar-refractivity contribution in [2.75, 3.05) is 64.0 Å². The van der Waals surface area contributed by atoms with Crippen molar-refractivity contribution in [3.05, 3.63) is 203 Å². The standard InChI is InChI=1S/C18H28O3.C18H24O3.C17H24O3.C17H26O2.C16H23NO4.C16H22O4.CH4O/c2*1-14(19)8-6-7-13-18(2,3)17(21-5)15-9-11-16(20-4)12-10-15;1-13(18)7-5-6-12-17(2,3)16(19)14-8-10-15(20-4)11-9-14;1-14(18)7-5-6-12-17(2,3)13-15-8-10-16(19-4)11-9-15;1-16(2,11-5-4-6-14(18)17-20)15(19)12-7-9-13(21-3)10-8-12;1-16(2,11-5-4-6-14(17)18)15(19)12-7-9-13(20-3)10-8-12;1-2/h9-12,17H,6-8,13H2,1-5H3;6-13,17H,1-5H3;8-11H,5-7,12H2,1-4H3;8-11H,5-7,12-13H2,1-4H3;7-10,20H,4-6,11H2,1-3H3,(H,17,18);7-10H,4-6,11H2,1-3H3,(H,17,18);2H,1H3/b;8-6+,13-7+;;;;;. The second-order valence-corrected chi connectivity index (χ2v) is 35.0. The molecule has 0 radical (unpaired) electrons. The van der Waals surface area contributed by atoms with E-state index in [4.69, 9.17) is 53.3 Å². The van der Waals surface area contributed by atoms with Crippen LogP contribution in [0.5, 0.6) is 34.5 Å². The fourth-order valence-electron chi connectivity index (χ4n) is 13.8. The maximum absolute atomic E-state index is 12.5. The molecular formula is C103H151NO20. The molecule has 0 aliphatic rings. The van der Waals surface area contributed by atoms with Gasteiger partial charge in [0.25, 0.3) is 0 Å². The number of Topliss-reactive ketones (excluding diaryl/α,β-unsaturated/α-hetero) is 6. The lowest BCUT2D eigenvalue weighted by Gasteiger charge is -2.34. The summed E-state index contributed by atoms with van der Waals surface area (Å²) in [5, 5.41) is 24.0. The largest absolute Gasteiger partial charge is 0.497 e. The van der Waals surface area contributed by atoms with Crippen LogP contribution < -0.4 is 33.9 Å². The van der Waals surface area contributed by atoms with Gasteiger partial charge in [0.05, 0.1) is 54.9 Å². The number of benzene rings is 6. The molecule has 0 heterocycles. The average molecular weight is 1720 g/mol. The molecule has 2 unspecified atom stereocenters. The zero-order valence-electron chi connectivity index (χ0n) is 79.5. The number of amides is 1. The summed E-state index contributed by atoms with van der Waals surface area (Å²) in [6, 6.07) is 45.6. The Bertz CT molecular complexity index is 4020. The van der Waals surface area contributed by atoms with Gasteiger partial charge in [0.15, 0.2) is 23.1 Å². The summed E-state index contributed by atoms with van der Waals surface area (Å²) in [7, 11) is 14.2. The number of ketones is 7. The molecule has 0 bridgehead atoms. The molecule has 0 aliphatic heterocycles. The highest BCUT2D eigenvalue weighted by atomic mass is 16.5.